The van der Waals surface area contributed by atoms with E-state index in [0.717, 1.165) is 4.90 Å². The van der Waals surface area contributed by atoms with Gasteiger partial charge in [-0.05, 0) is 119 Å². The highest BCUT2D eigenvalue weighted by Gasteiger charge is 2.62. The van der Waals surface area contributed by atoms with E-state index in [1.807, 2.05) is 6.92 Å². The lowest BCUT2D eigenvalue weighted by Gasteiger charge is -2.40. The van der Waals surface area contributed by atoms with Gasteiger partial charge < -0.3 is 29.5 Å². The number of sulfonamides is 1. The molecule has 7 rings (SSSR count). The highest BCUT2D eigenvalue weighted by atomic mass is 32.2. The molecule has 0 radical (unpaired) electrons. The van der Waals surface area contributed by atoms with Crippen LogP contribution in [-0.2, 0) is 24.4 Å². The maximum Gasteiger partial charge on any atom is 0.408 e. The fourth-order valence-corrected chi connectivity index (χ4v) is 10.5. The molecular formula is C46H55F4N5O10S. The summed E-state index contributed by atoms with van der Waals surface area (Å²) in [7, 11) is -2.60. The summed E-state index contributed by atoms with van der Waals surface area (Å²) in [5.41, 5.74) is -1.16. The van der Waals surface area contributed by atoms with Crippen LogP contribution in [0.2, 0.25) is 0 Å². The summed E-state index contributed by atoms with van der Waals surface area (Å²) in [5, 5.41) is 13.4. The van der Waals surface area contributed by atoms with Crippen molar-refractivity contribution in [1.29, 1.82) is 0 Å². The molecule has 2 saturated carbocycles. The van der Waals surface area contributed by atoms with Crippen molar-refractivity contribution in [2.45, 2.75) is 127 Å². The van der Waals surface area contributed by atoms with Crippen LogP contribution in [0.25, 0.3) is 22.0 Å². The summed E-state index contributed by atoms with van der Waals surface area (Å²) < 4.78 is 104. The zero-order valence-electron chi connectivity index (χ0n) is 37.4. The summed E-state index contributed by atoms with van der Waals surface area (Å²) in [4.78, 5) is 62.5. The second-order valence-corrected chi connectivity index (χ2v) is 20.3. The van der Waals surface area contributed by atoms with Crippen LogP contribution in [0.4, 0.5) is 22.4 Å². The third-order valence-corrected chi connectivity index (χ3v) is 14.7. The largest absolute Gasteiger partial charge is 0.497 e. The molecule has 4 aliphatic rings. The average molecular weight is 946 g/mol. The van der Waals surface area contributed by atoms with E-state index in [4.69, 9.17) is 19.2 Å². The molecule has 3 fully saturated rings. The number of halogens is 4. The maximum atomic E-state index is 15.3. The summed E-state index contributed by atoms with van der Waals surface area (Å²) in [6, 6.07) is 4.87. The number of pyridine rings is 1. The van der Waals surface area contributed by atoms with Gasteiger partial charge in [-0.2, -0.15) is 13.2 Å². The molecule has 3 heterocycles. The van der Waals surface area contributed by atoms with Gasteiger partial charge >= 0.3 is 12.3 Å². The summed E-state index contributed by atoms with van der Waals surface area (Å²) in [5.74, 6) is -5.02. The van der Waals surface area contributed by atoms with Crippen molar-refractivity contribution in [2.75, 3.05) is 13.7 Å². The topological polar surface area (TPSA) is 194 Å². The molecule has 0 spiro atoms. The van der Waals surface area contributed by atoms with Crippen molar-refractivity contribution in [2.24, 2.45) is 17.8 Å². The van der Waals surface area contributed by atoms with Crippen LogP contribution in [-0.4, -0.2) is 113 Å². The third-order valence-electron chi connectivity index (χ3n) is 12.9. The molecule has 1 aromatic heterocycles. The van der Waals surface area contributed by atoms with Crippen molar-refractivity contribution >= 4 is 44.6 Å². The first-order chi connectivity index (χ1) is 31.0. The predicted molar refractivity (Wildman–Crippen MR) is 234 cm³/mol. The third kappa shape index (κ3) is 10.2. The van der Waals surface area contributed by atoms with Crippen molar-refractivity contribution in [1.82, 2.24) is 24.8 Å². The number of nitrogens with one attached hydrogen (secondary N) is 2. The van der Waals surface area contributed by atoms with E-state index in [1.54, 1.807) is 56.3 Å². The maximum absolute atomic E-state index is 15.3. The van der Waals surface area contributed by atoms with Crippen LogP contribution in [0.5, 0.6) is 17.4 Å². The number of carboxylic acid groups (broad SMARTS) is 1. The molecule has 1 saturated heterocycles. The van der Waals surface area contributed by atoms with E-state index in [0.29, 0.717) is 54.7 Å². The molecular weight excluding hydrogens is 891 g/mol. The minimum Gasteiger partial charge on any atom is -0.497 e. The summed E-state index contributed by atoms with van der Waals surface area (Å²) in [6.45, 7) is 7.05. The monoisotopic (exact) mass is 945 g/mol. The molecule has 4 amide bonds. The number of carbonyl (C=O) groups excluding carboxylic acids is 3. The highest BCUT2D eigenvalue weighted by Crippen LogP contribution is 2.46. The number of carbonyl (C=O) groups is 4. The van der Waals surface area contributed by atoms with Crippen LogP contribution < -0.4 is 24.2 Å². The van der Waals surface area contributed by atoms with Gasteiger partial charge in [-0.15, -0.1) is 0 Å². The molecule has 2 aliphatic heterocycles. The standard InChI is InChI=1S/C46H55F4N5O10S/c1-24(2)64-38-16-11-28(19-35(38)47)36-20-29-18-31(63-6)12-15-34(29)41(51-36)65-32-21-37-40(56)52-45(43(58)53-66(61,62)33-13-14-33)22-30(45)10-8-7-9-25(3)17-26(4)39(42(57)54(37)23-32)55(44(59)60)27(5)46(48,49)50/h8,10-12,15-16,18-20,24-27,30,32-33,37,39H,7,9,13-14,17,21-23H2,1-6H3,(H,52,56)(H,53,58)(H,59,60)/t25-,26+,27+,30+,32+,37-,39-,45+/m0/s1. The van der Waals surface area contributed by atoms with Gasteiger partial charge in [0.2, 0.25) is 27.7 Å². The number of fused-ring (bicyclic) bond motifs is 3. The molecule has 358 valence electrons. The molecule has 20 heteroatoms. The fraction of sp³-hybridized carbons (Fsp3) is 0.543. The predicted octanol–water partition coefficient (Wildman–Crippen LogP) is 6.98. The number of alkyl halides is 3. The minimum atomic E-state index is -5.08. The Morgan fingerprint density at radius 2 is 1.77 bits per heavy atom. The van der Waals surface area contributed by atoms with Crippen LogP contribution in [0.15, 0.2) is 54.6 Å². The Kier molecular flexibility index (Phi) is 13.6. The van der Waals surface area contributed by atoms with Crippen molar-refractivity contribution in [3.05, 3.63) is 60.4 Å². The van der Waals surface area contributed by atoms with E-state index in [1.165, 1.54) is 26.2 Å². The molecule has 66 heavy (non-hydrogen) atoms. The number of hydrogen-bond acceptors (Lipinski definition) is 10. The number of nitrogens with zero attached hydrogens (tertiary/aromatic N) is 3. The molecule has 3 aromatic rings. The fourth-order valence-electron chi connectivity index (χ4n) is 9.09. The van der Waals surface area contributed by atoms with Gasteiger partial charge in [0.15, 0.2) is 11.6 Å². The molecule has 2 aliphatic carbocycles. The number of allylic oxidation sites excluding steroid dienone is 1. The number of rotatable bonds is 11. The smallest absolute Gasteiger partial charge is 0.408 e. The average Bonchev–Trinajstić information content (AvgIpc) is 4.17. The molecule has 0 bridgehead atoms. The van der Waals surface area contributed by atoms with Gasteiger partial charge in [-0.25, -0.2) is 22.6 Å². The van der Waals surface area contributed by atoms with Crippen molar-refractivity contribution in [3.8, 4) is 28.6 Å². The van der Waals surface area contributed by atoms with E-state index < -0.39 is 99.2 Å². The first kappa shape index (κ1) is 48.3. The van der Waals surface area contributed by atoms with Crippen LogP contribution >= 0.6 is 0 Å². The van der Waals surface area contributed by atoms with Gasteiger partial charge in [-0.1, -0.05) is 26.0 Å². The van der Waals surface area contributed by atoms with Gasteiger partial charge in [0, 0.05) is 23.3 Å². The normalized spacial score (nSPS) is 26.6. The van der Waals surface area contributed by atoms with Crippen molar-refractivity contribution in [3.63, 3.8) is 0 Å². The zero-order chi connectivity index (χ0) is 48.0. The second-order valence-electron chi connectivity index (χ2n) is 18.3. The number of amides is 4. The number of hydrogen-bond donors (Lipinski definition) is 3. The Morgan fingerprint density at radius 3 is 2.41 bits per heavy atom. The summed E-state index contributed by atoms with van der Waals surface area (Å²) >= 11 is 0. The Bertz CT molecular complexity index is 2520. The van der Waals surface area contributed by atoms with Crippen LogP contribution in [0, 0.1) is 23.6 Å². The van der Waals surface area contributed by atoms with Gasteiger partial charge in [-0.3, -0.25) is 24.0 Å². The van der Waals surface area contributed by atoms with Crippen LogP contribution in [0.3, 0.4) is 0 Å². The number of benzene rings is 2. The number of aromatic nitrogens is 1. The number of methoxy groups -OCH3 is 1. The van der Waals surface area contributed by atoms with Crippen molar-refractivity contribution < 1.29 is 64.5 Å². The number of ether oxygens (including phenoxy) is 3. The van der Waals surface area contributed by atoms with Gasteiger partial charge in [0.05, 0.1) is 30.7 Å². The Hall–Kier alpha value is -5.66. The lowest BCUT2D eigenvalue weighted by molar-refractivity contribution is -0.184. The van der Waals surface area contributed by atoms with Crippen LogP contribution in [0.1, 0.15) is 79.6 Å². The van der Waals surface area contributed by atoms with E-state index in [9.17, 15) is 41.1 Å². The second kappa shape index (κ2) is 18.6. The quantitative estimate of drug-likeness (QED) is 0.133. The van der Waals surface area contributed by atoms with E-state index in [-0.39, 0.29) is 53.5 Å². The Morgan fingerprint density at radius 1 is 1.05 bits per heavy atom. The first-order valence-corrected chi connectivity index (χ1v) is 23.6. The lowest BCUT2D eigenvalue weighted by atomic mass is 9.86. The molecule has 2 aromatic carbocycles. The molecule has 0 unspecified atom stereocenters. The molecule has 15 nitrogen and oxygen atoms in total. The highest BCUT2D eigenvalue weighted by molar-refractivity contribution is 7.91. The molecule has 3 N–H and O–H groups in total. The zero-order valence-corrected chi connectivity index (χ0v) is 38.2. The molecule has 8 atom stereocenters. The minimum absolute atomic E-state index is 0.0150. The summed E-state index contributed by atoms with van der Waals surface area (Å²) in [6.07, 6.45) is -3.50. The Balaban J connectivity index is 1.31. The lowest BCUT2D eigenvalue weighted by Crippen LogP contribution is -2.62. The van der Waals surface area contributed by atoms with Gasteiger partial charge in [0.25, 0.3) is 5.91 Å². The van der Waals surface area contributed by atoms with E-state index in [2.05, 4.69) is 10.0 Å². The SMILES string of the molecule is COc1ccc2c(O[C@@H]3C[C@H]4C(=O)N[C@]5(C(=O)NS(=O)(=O)C6CC6)C[C@H]5C=CCC[C@H](C)C[C@@H](C)[C@H](N(C(=O)O)[C@H](C)C(F)(F)F)C(=O)N4C3)nc(-c3ccc(OC(C)C)c(F)c3)cc2c1. The van der Waals surface area contributed by atoms with Gasteiger partial charge in [0.1, 0.15) is 35.5 Å². The Labute approximate surface area is 380 Å². The van der Waals surface area contributed by atoms with E-state index >= 15 is 9.18 Å². The first-order valence-electron chi connectivity index (χ1n) is 22.1.